The van der Waals surface area contributed by atoms with Crippen LogP contribution in [-0.2, 0) is 4.79 Å². The Morgan fingerprint density at radius 2 is 2.45 bits per heavy atom. The number of nitrogens with two attached hydrogens (primary N) is 1. The van der Waals surface area contributed by atoms with Gasteiger partial charge in [0.05, 0.1) is 6.61 Å². The van der Waals surface area contributed by atoms with Crippen molar-refractivity contribution in [2.45, 2.75) is 18.0 Å². The Bertz CT molecular complexity index is 173. The highest BCUT2D eigenvalue weighted by atomic mass is 16.4. The number of hydrogen-bond acceptors (Lipinski definition) is 4. The molecule has 5 nitrogen and oxygen atoms in total. The lowest BCUT2D eigenvalue weighted by atomic mass is 9.98. The zero-order valence-electron chi connectivity index (χ0n) is 6.08. The van der Waals surface area contributed by atoms with E-state index in [2.05, 4.69) is 5.32 Å². The van der Waals surface area contributed by atoms with E-state index in [0.717, 1.165) is 0 Å². The number of nitrogens with one attached hydrogen (secondary N) is 1. The molecule has 11 heavy (non-hydrogen) atoms. The Labute approximate surface area is 64.2 Å². The van der Waals surface area contributed by atoms with Gasteiger partial charge in [-0.2, -0.15) is 0 Å². The second-order valence-corrected chi connectivity index (χ2v) is 2.93. The minimum Gasteiger partial charge on any atom is -0.480 e. The molecule has 0 saturated carbocycles. The Balaban J connectivity index is 2.57. The summed E-state index contributed by atoms with van der Waals surface area (Å²) in [7, 11) is 0. The van der Waals surface area contributed by atoms with Crippen LogP contribution in [0.25, 0.3) is 0 Å². The van der Waals surface area contributed by atoms with E-state index < -0.39 is 11.5 Å². The van der Waals surface area contributed by atoms with Crippen LogP contribution in [-0.4, -0.2) is 40.9 Å². The summed E-state index contributed by atoms with van der Waals surface area (Å²) in [6.07, 6.45) is 0.291. The first-order valence-corrected chi connectivity index (χ1v) is 3.45. The molecule has 0 radical (unpaired) electrons. The molecule has 1 aliphatic heterocycles. The van der Waals surface area contributed by atoms with E-state index in [1.807, 2.05) is 0 Å². The molecule has 1 fully saturated rings. The van der Waals surface area contributed by atoms with Crippen LogP contribution >= 0.6 is 0 Å². The van der Waals surface area contributed by atoms with Crippen molar-refractivity contribution in [3.8, 4) is 0 Å². The summed E-state index contributed by atoms with van der Waals surface area (Å²) in [6, 6.07) is -0.170. The molecule has 5 heteroatoms. The number of aliphatic carboxylic acids is 1. The summed E-state index contributed by atoms with van der Waals surface area (Å²) in [5, 5.41) is 20.1. The summed E-state index contributed by atoms with van der Waals surface area (Å²) in [6.45, 7) is 0.166. The van der Waals surface area contributed by atoms with Crippen LogP contribution in [0.2, 0.25) is 0 Å². The van der Waals surface area contributed by atoms with Crippen LogP contribution in [0.3, 0.4) is 0 Å². The fourth-order valence-corrected chi connectivity index (χ4v) is 1.20. The molecule has 0 unspecified atom stereocenters. The highest BCUT2D eigenvalue weighted by Crippen LogP contribution is 2.16. The molecule has 5 N–H and O–H groups in total. The predicted octanol–water partition coefficient (Wildman–Crippen LogP) is -1.88. The van der Waals surface area contributed by atoms with Crippen molar-refractivity contribution in [2.75, 3.05) is 13.2 Å². The SMILES string of the molecule is N[C@]1(C(=O)O)CN[C@H](CO)C1. The second kappa shape index (κ2) is 2.77. The Morgan fingerprint density at radius 3 is 2.73 bits per heavy atom. The van der Waals surface area contributed by atoms with Crippen molar-refractivity contribution >= 4 is 5.97 Å². The second-order valence-electron chi connectivity index (χ2n) is 2.93. The maximum absolute atomic E-state index is 10.5. The third-order valence-corrected chi connectivity index (χ3v) is 1.96. The van der Waals surface area contributed by atoms with Gasteiger partial charge >= 0.3 is 5.97 Å². The summed E-state index contributed by atoms with van der Waals surface area (Å²) in [4.78, 5) is 10.5. The molecule has 0 spiro atoms. The first-order valence-electron chi connectivity index (χ1n) is 3.45. The molecule has 0 amide bonds. The summed E-state index contributed by atoms with van der Waals surface area (Å²) in [5.74, 6) is -1.01. The van der Waals surface area contributed by atoms with Gasteiger partial charge in [0, 0.05) is 12.6 Å². The Morgan fingerprint density at radius 1 is 1.82 bits per heavy atom. The third-order valence-electron chi connectivity index (χ3n) is 1.96. The Kier molecular flexibility index (Phi) is 2.12. The van der Waals surface area contributed by atoms with Crippen LogP contribution in [0.1, 0.15) is 6.42 Å². The number of carbonyl (C=O) groups is 1. The normalized spacial score (nSPS) is 37.5. The van der Waals surface area contributed by atoms with Gasteiger partial charge in [0.1, 0.15) is 5.54 Å². The lowest BCUT2D eigenvalue weighted by Crippen LogP contribution is -2.49. The largest absolute Gasteiger partial charge is 0.480 e. The van der Waals surface area contributed by atoms with E-state index in [9.17, 15) is 4.79 Å². The lowest BCUT2D eigenvalue weighted by molar-refractivity contribution is -0.142. The van der Waals surface area contributed by atoms with Gasteiger partial charge in [-0.3, -0.25) is 4.79 Å². The van der Waals surface area contributed by atoms with Crippen LogP contribution in [0.15, 0.2) is 0 Å². The first-order chi connectivity index (χ1) is 5.08. The van der Waals surface area contributed by atoms with Gasteiger partial charge in [-0.15, -0.1) is 0 Å². The number of aliphatic hydroxyl groups is 1. The molecule has 2 atom stereocenters. The van der Waals surface area contributed by atoms with E-state index >= 15 is 0 Å². The predicted molar refractivity (Wildman–Crippen MR) is 38.0 cm³/mol. The van der Waals surface area contributed by atoms with E-state index in [1.165, 1.54) is 0 Å². The molecule has 0 aromatic rings. The zero-order chi connectivity index (χ0) is 8.48. The molecule has 1 saturated heterocycles. The molecule has 1 aliphatic rings. The van der Waals surface area contributed by atoms with Gasteiger partial charge in [0.25, 0.3) is 0 Å². The van der Waals surface area contributed by atoms with E-state index in [4.69, 9.17) is 15.9 Å². The van der Waals surface area contributed by atoms with Crippen molar-refractivity contribution < 1.29 is 15.0 Å². The van der Waals surface area contributed by atoms with E-state index in [0.29, 0.717) is 6.42 Å². The quantitative estimate of drug-likeness (QED) is 0.379. The smallest absolute Gasteiger partial charge is 0.325 e. The highest BCUT2D eigenvalue weighted by Gasteiger charge is 2.41. The summed E-state index contributed by atoms with van der Waals surface area (Å²) >= 11 is 0. The minimum absolute atomic E-state index is 0.0633. The van der Waals surface area contributed by atoms with Gasteiger partial charge < -0.3 is 21.3 Å². The average Bonchev–Trinajstić information content (AvgIpc) is 2.33. The number of hydrogen-bond donors (Lipinski definition) is 4. The Hall–Kier alpha value is -0.650. The molecule has 0 aliphatic carbocycles. The molecule has 1 heterocycles. The van der Waals surface area contributed by atoms with Gasteiger partial charge in [-0.25, -0.2) is 0 Å². The molecular formula is C6H12N2O3. The fraction of sp³-hybridized carbons (Fsp3) is 0.833. The van der Waals surface area contributed by atoms with E-state index in [1.54, 1.807) is 0 Å². The van der Waals surface area contributed by atoms with Crippen LogP contribution in [0.5, 0.6) is 0 Å². The molecular weight excluding hydrogens is 148 g/mol. The maximum atomic E-state index is 10.5. The topological polar surface area (TPSA) is 95.6 Å². The number of carboxylic acid groups (broad SMARTS) is 1. The monoisotopic (exact) mass is 160 g/mol. The average molecular weight is 160 g/mol. The van der Waals surface area contributed by atoms with Crippen molar-refractivity contribution in [3.05, 3.63) is 0 Å². The van der Waals surface area contributed by atoms with Crippen LogP contribution in [0.4, 0.5) is 0 Å². The first kappa shape index (κ1) is 8.45. The van der Waals surface area contributed by atoms with Gasteiger partial charge in [0.15, 0.2) is 0 Å². The highest BCUT2D eigenvalue weighted by molar-refractivity contribution is 5.79. The van der Waals surface area contributed by atoms with Gasteiger partial charge in [-0.1, -0.05) is 0 Å². The van der Waals surface area contributed by atoms with Crippen molar-refractivity contribution in [1.82, 2.24) is 5.32 Å². The zero-order valence-corrected chi connectivity index (χ0v) is 6.08. The molecule has 64 valence electrons. The molecule has 0 aromatic carbocycles. The van der Waals surface area contributed by atoms with Crippen LogP contribution < -0.4 is 11.1 Å². The van der Waals surface area contributed by atoms with Crippen LogP contribution in [0, 0.1) is 0 Å². The van der Waals surface area contributed by atoms with E-state index in [-0.39, 0.29) is 19.2 Å². The third kappa shape index (κ3) is 1.50. The molecule has 0 bridgehead atoms. The molecule has 0 aromatic heterocycles. The summed E-state index contributed by atoms with van der Waals surface area (Å²) < 4.78 is 0. The van der Waals surface area contributed by atoms with Crippen molar-refractivity contribution in [3.63, 3.8) is 0 Å². The lowest BCUT2D eigenvalue weighted by Gasteiger charge is -2.15. The van der Waals surface area contributed by atoms with Gasteiger partial charge in [-0.05, 0) is 6.42 Å². The summed E-state index contributed by atoms with van der Waals surface area (Å²) in [5.41, 5.74) is 4.31. The molecule has 1 rings (SSSR count). The fourth-order valence-electron chi connectivity index (χ4n) is 1.20. The number of aliphatic hydroxyl groups excluding tert-OH is 1. The number of carboxylic acids is 1. The minimum atomic E-state index is -1.19. The number of rotatable bonds is 2. The van der Waals surface area contributed by atoms with Crippen molar-refractivity contribution in [1.29, 1.82) is 0 Å². The standard InChI is InChI=1S/C6H12N2O3/c7-6(5(10)11)1-4(2-9)8-3-6/h4,8-9H,1-3,7H2,(H,10,11)/t4-,6-/m0/s1. The van der Waals surface area contributed by atoms with Gasteiger partial charge in [0.2, 0.25) is 0 Å². The maximum Gasteiger partial charge on any atom is 0.325 e. The van der Waals surface area contributed by atoms with Crippen molar-refractivity contribution in [2.24, 2.45) is 5.73 Å².